The van der Waals surface area contributed by atoms with E-state index in [-0.39, 0.29) is 5.91 Å². The molecule has 1 aliphatic heterocycles. The number of nitrogens with zero attached hydrogens (tertiary/aromatic N) is 4. The lowest BCUT2D eigenvalue weighted by atomic mass is 10.1. The van der Waals surface area contributed by atoms with Gasteiger partial charge in [0.1, 0.15) is 0 Å². The summed E-state index contributed by atoms with van der Waals surface area (Å²) in [6.07, 6.45) is 1.21. The fourth-order valence-corrected chi connectivity index (χ4v) is 4.16. The van der Waals surface area contributed by atoms with Crippen LogP contribution in [0.2, 0.25) is 0 Å². The number of rotatable bonds is 5. The van der Waals surface area contributed by atoms with Crippen LogP contribution in [-0.2, 0) is 0 Å². The van der Waals surface area contributed by atoms with Gasteiger partial charge in [-0.3, -0.25) is 4.79 Å². The van der Waals surface area contributed by atoms with E-state index in [1.807, 2.05) is 46.7 Å². The number of aliphatic hydroxyl groups excluding tert-OH is 1. The van der Waals surface area contributed by atoms with E-state index >= 15 is 0 Å². The summed E-state index contributed by atoms with van der Waals surface area (Å²) >= 11 is 1.51. The van der Waals surface area contributed by atoms with Crippen LogP contribution in [0.1, 0.15) is 28.9 Å². The van der Waals surface area contributed by atoms with Crippen LogP contribution in [-0.4, -0.2) is 64.0 Å². The third-order valence-electron chi connectivity index (χ3n) is 5.19. The molecule has 1 unspecified atom stereocenters. The van der Waals surface area contributed by atoms with Crippen molar-refractivity contribution in [3.8, 4) is 10.6 Å². The molecule has 8 heteroatoms. The third kappa shape index (κ3) is 4.67. The standard InChI is InChI=1S/C22H25N5O2S/c1-15(28)16-3-5-18(6-4-16)24-22-23-8-7-19(25-22)20-13-17(14-30-20)21(29)27-11-9-26(2)10-12-27/h3-8,13-15,28H,9-12H2,1-2H3,(H,23,24,25). The molecule has 4 rings (SSSR count). The zero-order valence-electron chi connectivity index (χ0n) is 17.1. The number of likely N-dealkylation sites (N-methyl/N-ethyl adjacent to an activating group) is 1. The number of carbonyl (C=O) groups excluding carboxylic acids is 1. The molecule has 1 saturated heterocycles. The Hall–Kier alpha value is -2.81. The van der Waals surface area contributed by atoms with Crippen LogP contribution in [0.3, 0.4) is 0 Å². The smallest absolute Gasteiger partial charge is 0.254 e. The first-order chi connectivity index (χ1) is 14.5. The Morgan fingerprint density at radius 3 is 2.60 bits per heavy atom. The fourth-order valence-electron chi connectivity index (χ4n) is 3.31. The zero-order valence-corrected chi connectivity index (χ0v) is 17.9. The van der Waals surface area contributed by atoms with Gasteiger partial charge in [-0.05, 0) is 43.8 Å². The SMILES string of the molecule is CC(O)c1ccc(Nc2nccc(-c3cc(C(=O)N4CCN(C)CC4)cs3)n2)cc1. The second-order valence-corrected chi connectivity index (χ2v) is 8.39. The van der Waals surface area contributed by atoms with Crippen LogP contribution in [0.25, 0.3) is 10.6 Å². The lowest BCUT2D eigenvalue weighted by molar-refractivity contribution is 0.0664. The van der Waals surface area contributed by atoms with E-state index in [1.54, 1.807) is 13.1 Å². The van der Waals surface area contributed by atoms with Crippen molar-refractivity contribution in [2.24, 2.45) is 0 Å². The second kappa shape index (κ2) is 8.91. The summed E-state index contributed by atoms with van der Waals surface area (Å²) in [6, 6.07) is 11.3. The first kappa shape index (κ1) is 20.5. The van der Waals surface area contributed by atoms with Crippen molar-refractivity contribution in [1.29, 1.82) is 0 Å². The van der Waals surface area contributed by atoms with Crippen LogP contribution >= 0.6 is 11.3 Å². The van der Waals surface area contributed by atoms with Crippen molar-refractivity contribution in [3.63, 3.8) is 0 Å². The van der Waals surface area contributed by atoms with E-state index in [4.69, 9.17) is 0 Å². The Morgan fingerprint density at radius 1 is 1.17 bits per heavy atom. The average molecular weight is 424 g/mol. The highest BCUT2D eigenvalue weighted by Crippen LogP contribution is 2.27. The second-order valence-electron chi connectivity index (χ2n) is 7.48. The number of aromatic nitrogens is 2. The maximum Gasteiger partial charge on any atom is 0.254 e. The van der Waals surface area contributed by atoms with Gasteiger partial charge in [0.05, 0.1) is 22.2 Å². The minimum absolute atomic E-state index is 0.0798. The quantitative estimate of drug-likeness (QED) is 0.655. The minimum atomic E-state index is -0.500. The Bertz CT molecular complexity index is 1010. The highest BCUT2D eigenvalue weighted by molar-refractivity contribution is 7.13. The first-order valence-corrected chi connectivity index (χ1v) is 10.8. The van der Waals surface area contributed by atoms with Crippen LogP contribution in [0.15, 0.2) is 48.0 Å². The van der Waals surface area contributed by atoms with Crippen LogP contribution in [0, 0.1) is 0 Å². The summed E-state index contributed by atoms with van der Waals surface area (Å²) in [5, 5.41) is 14.7. The first-order valence-electron chi connectivity index (χ1n) is 9.94. The van der Waals surface area contributed by atoms with Gasteiger partial charge in [0, 0.05) is 43.4 Å². The molecular weight excluding hydrogens is 398 g/mol. The number of hydrogen-bond donors (Lipinski definition) is 2. The number of carbonyl (C=O) groups is 1. The highest BCUT2D eigenvalue weighted by atomic mass is 32.1. The molecule has 1 fully saturated rings. The van der Waals surface area contributed by atoms with Gasteiger partial charge in [-0.1, -0.05) is 12.1 Å². The molecule has 1 aliphatic rings. The van der Waals surface area contributed by atoms with Crippen molar-refractivity contribution in [2.45, 2.75) is 13.0 Å². The maximum atomic E-state index is 12.8. The number of nitrogens with one attached hydrogen (secondary N) is 1. The molecule has 7 nitrogen and oxygen atoms in total. The van der Waals surface area contributed by atoms with E-state index in [0.29, 0.717) is 11.5 Å². The number of anilines is 2. The highest BCUT2D eigenvalue weighted by Gasteiger charge is 2.21. The van der Waals surface area contributed by atoms with Crippen LogP contribution < -0.4 is 5.32 Å². The third-order valence-corrected chi connectivity index (χ3v) is 6.15. The molecule has 0 bridgehead atoms. The number of benzene rings is 1. The van der Waals surface area contributed by atoms with Crippen molar-refractivity contribution in [3.05, 3.63) is 59.1 Å². The van der Waals surface area contributed by atoms with E-state index in [9.17, 15) is 9.90 Å². The summed E-state index contributed by atoms with van der Waals surface area (Å²) in [5.41, 5.74) is 3.18. The summed E-state index contributed by atoms with van der Waals surface area (Å²) in [6.45, 7) is 5.06. The molecular formula is C22H25N5O2S. The van der Waals surface area contributed by atoms with Gasteiger partial charge in [0.25, 0.3) is 5.91 Å². The van der Waals surface area contributed by atoms with Crippen molar-refractivity contribution in [1.82, 2.24) is 19.8 Å². The molecule has 30 heavy (non-hydrogen) atoms. The van der Waals surface area contributed by atoms with E-state index in [1.165, 1.54) is 11.3 Å². The molecule has 0 radical (unpaired) electrons. The molecule has 3 aromatic rings. The van der Waals surface area contributed by atoms with Gasteiger partial charge >= 0.3 is 0 Å². The largest absolute Gasteiger partial charge is 0.389 e. The molecule has 1 aromatic carbocycles. The fraction of sp³-hybridized carbons (Fsp3) is 0.318. The van der Waals surface area contributed by atoms with Gasteiger partial charge in [-0.2, -0.15) is 0 Å². The molecule has 3 heterocycles. The molecule has 0 saturated carbocycles. The summed E-state index contributed by atoms with van der Waals surface area (Å²) in [5.74, 6) is 0.564. The summed E-state index contributed by atoms with van der Waals surface area (Å²) in [7, 11) is 2.08. The molecule has 1 amide bonds. The Labute approximate surface area is 180 Å². The predicted molar refractivity (Wildman–Crippen MR) is 119 cm³/mol. The number of piperazine rings is 1. The van der Waals surface area contributed by atoms with Crippen molar-refractivity contribution >= 4 is 28.9 Å². The summed E-state index contributed by atoms with van der Waals surface area (Å²) < 4.78 is 0. The van der Waals surface area contributed by atoms with Crippen molar-refractivity contribution in [2.75, 3.05) is 38.5 Å². The monoisotopic (exact) mass is 423 g/mol. The Balaban J connectivity index is 1.47. The molecule has 1 atom stereocenters. The zero-order chi connectivity index (χ0) is 21.1. The number of aliphatic hydroxyl groups is 1. The van der Waals surface area contributed by atoms with Crippen molar-refractivity contribution < 1.29 is 9.90 Å². The van der Waals surface area contributed by atoms with Gasteiger partial charge in [0.2, 0.25) is 5.95 Å². The summed E-state index contributed by atoms with van der Waals surface area (Å²) in [4.78, 5) is 26.8. The molecule has 156 valence electrons. The normalized spacial score (nSPS) is 15.8. The number of hydrogen-bond acceptors (Lipinski definition) is 7. The maximum absolute atomic E-state index is 12.8. The topological polar surface area (TPSA) is 81.6 Å². The minimum Gasteiger partial charge on any atom is -0.389 e. The van der Waals surface area contributed by atoms with E-state index < -0.39 is 6.10 Å². The van der Waals surface area contributed by atoms with Gasteiger partial charge < -0.3 is 20.2 Å². The van der Waals surface area contributed by atoms with E-state index in [0.717, 1.165) is 48.0 Å². The van der Waals surface area contributed by atoms with Gasteiger partial charge in [-0.15, -0.1) is 11.3 Å². The number of amides is 1. The van der Waals surface area contributed by atoms with Gasteiger partial charge in [-0.25, -0.2) is 9.97 Å². The van der Waals surface area contributed by atoms with E-state index in [2.05, 4.69) is 27.2 Å². The van der Waals surface area contributed by atoms with Gasteiger partial charge in [0.15, 0.2) is 0 Å². The number of thiophene rings is 1. The Morgan fingerprint density at radius 2 is 1.90 bits per heavy atom. The molecule has 0 aliphatic carbocycles. The average Bonchev–Trinajstić information content (AvgIpc) is 3.25. The predicted octanol–water partition coefficient (Wildman–Crippen LogP) is 3.39. The van der Waals surface area contributed by atoms with Crippen LogP contribution in [0.4, 0.5) is 11.6 Å². The Kier molecular flexibility index (Phi) is 6.08. The lowest BCUT2D eigenvalue weighted by Gasteiger charge is -2.32. The molecule has 0 spiro atoms. The molecule has 2 N–H and O–H groups in total. The molecule has 2 aromatic heterocycles. The van der Waals surface area contributed by atoms with Crippen LogP contribution in [0.5, 0.6) is 0 Å². The lowest BCUT2D eigenvalue weighted by Crippen LogP contribution is -2.47.